The van der Waals surface area contributed by atoms with Crippen LogP contribution in [0.15, 0.2) is 72.8 Å². The monoisotopic (exact) mass is 566 g/mol. The van der Waals surface area contributed by atoms with Gasteiger partial charge in [-0.1, -0.05) is 105 Å². The third-order valence-electron chi connectivity index (χ3n) is 6.61. The van der Waals surface area contributed by atoms with Gasteiger partial charge in [0.15, 0.2) is 0 Å². The first-order chi connectivity index (χ1) is 18.2. The minimum atomic E-state index is -0.741. The molecule has 0 aromatic heterocycles. The summed E-state index contributed by atoms with van der Waals surface area (Å²) in [5.74, 6) is -0.340. The lowest BCUT2D eigenvalue weighted by Gasteiger charge is -2.34. The molecule has 0 heterocycles. The summed E-state index contributed by atoms with van der Waals surface area (Å²) in [6, 6.07) is 22.7. The van der Waals surface area contributed by atoms with E-state index in [0.29, 0.717) is 28.5 Å². The Morgan fingerprint density at radius 3 is 1.92 bits per heavy atom. The van der Waals surface area contributed by atoms with Gasteiger partial charge in [-0.3, -0.25) is 9.59 Å². The zero-order valence-electron chi connectivity index (χ0n) is 23.9. The van der Waals surface area contributed by atoms with Gasteiger partial charge in [-0.15, -0.1) is 0 Å². The van der Waals surface area contributed by atoms with E-state index >= 15 is 0 Å². The zero-order chi connectivity index (χ0) is 28.8. The molecule has 3 aromatic carbocycles. The summed E-state index contributed by atoms with van der Waals surface area (Å²) in [4.78, 5) is 29.3. The van der Waals surface area contributed by atoms with Gasteiger partial charge in [0.25, 0.3) is 0 Å². The fraction of sp³-hybridized carbons (Fsp3) is 0.394. The first kappa shape index (κ1) is 30.7. The quantitative estimate of drug-likeness (QED) is 0.287. The SMILES string of the molecule is CC(C)(C)NC(=O)[C@H](Cc1ccccc1)N(Cc1c(Cl)cccc1Cl)C(=O)CCc1ccc(C(C)(C)C)cc1. The van der Waals surface area contributed by atoms with Crippen LogP contribution in [-0.4, -0.2) is 28.3 Å². The second-order valence-corrected chi connectivity index (χ2v) is 12.9. The van der Waals surface area contributed by atoms with Crippen molar-refractivity contribution in [3.63, 3.8) is 0 Å². The first-order valence-corrected chi connectivity index (χ1v) is 14.2. The minimum absolute atomic E-state index is 0.0600. The molecule has 0 spiro atoms. The summed E-state index contributed by atoms with van der Waals surface area (Å²) in [6.07, 6.45) is 1.19. The lowest BCUT2D eigenvalue weighted by Crippen LogP contribution is -2.54. The maximum Gasteiger partial charge on any atom is 0.243 e. The Morgan fingerprint density at radius 1 is 0.795 bits per heavy atom. The maximum absolute atomic E-state index is 13.9. The lowest BCUT2D eigenvalue weighted by atomic mass is 9.86. The molecule has 0 bridgehead atoms. The molecule has 3 aromatic rings. The van der Waals surface area contributed by atoms with Crippen LogP contribution in [0, 0.1) is 0 Å². The number of hydrogen-bond donors (Lipinski definition) is 1. The van der Waals surface area contributed by atoms with E-state index in [2.05, 4.69) is 50.4 Å². The summed E-state index contributed by atoms with van der Waals surface area (Å²) >= 11 is 13.1. The highest BCUT2D eigenvalue weighted by Gasteiger charge is 2.32. The highest BCUT2D eigenvalue weighted by atomic mass is 35.5. The Bertz CT molecular complexity index is 1240. The van der Waals surface area contributed by atoms with Crippen LogP contribution in [0.25, 0.3) is 0 Å². The van der Waals surface area contributed by atoms with E-state index < -0.39 is 11.6 Å². The average Bonchev–Trinajstić information content (AvgIpc) is 2.85. The highest BCUT2D eigenvalue weighted by Crippen LogP contribution is 2.28. The predicted octanol–water partition coefficient (Wildman–Crippen LogP) is 7.78. The number of aryl methyl sites for hydroxylation is 1. The van der Waals surface area contributed by atoms with E-state index in [4.69, 9.17) is 23.2 Å². The molecule has 0 fully saturated rings. The molecular formula is C33H40Cl2N2O2. The van der Waals surface area contributed by atoms with Gasteiger partial charge in [0, 0.05) is 40.5 Å². The van der Waals surface area contributed by atoms with E-state index in [1.165, 1.54) is 5.56 Å². The molecule has 1 atom stereocenters. The molecule has 0 unspecified atom stereocenters. The number of amides is 2. The van der Waals surface area contributed by atoms with Crippen molar-refractivity contribution in [3.8, 4) is 0 Å². The Kier molecular flexibility index (Phi) is 10.3. The van der Waals surface area contributed by atoms with Crippen molar-refractivity contribution in [1.29, 1.82) is 0 Å². The number of rotatable bonds is 9. The summed E-state index contributed by atoms with van der Waals surface area (Å²) in [5, 5.41) is 4.02. The van der Waals surface area contributed by atoms with E-state index in [0.717, 1.165) is 11.1 Å². The van der Waals surface area contributed by atoms with Crippen LogP contribution < -0.4 is 5.32 Å². The summed E-state index contributed by atoms with van der Waals surface area (Å²) in [5.41, 5.74) is 3.51. The van der Waals surface area contributed by atoms with Gasteiger partial charge < -0.3 is 10.2 Å². The first-order valence-electron chi connectivity index (χ1n) is 13.4. The van der Waals surface area contributed by atoms with Crippen molar-refractivity contribution >= 4 is 35.0 Å². The van der Waals surface area contributed by atoms with Gasteiger partial charge in [-0.05, 0) is 61.4 Å². The van der Waals surface area contributed by atoms with Gasteiger partial charge in [-0.25, -0.2) is 0 Å². The molecule has 0 aliphatic rings. The Morgan fingerprint density at radius 2 is 1.38 bits per heavy atom. The molecule has 0 radical (unpaired) electrons. The Hall–Kier alpha value is -2.82. The van der Waals surface area contributed by atoms with Crippen LogP contribution in [0.5, 0.6) is 0 Å². The largest absolute Gasteiger partial charge is 0.350 e. The van der Waals surface area contributed by atoms with Crippen molar-refractivity contribution in [3.05, 3.63) is 105 Å². The number of carbonyl (C=O) groups is 2. The second-order valence-electron chi connectivity index (χ2n) is 12.1. The van der Waals surface area contributed by atoms with Crippen LogP contribution in [-0.2, 0) is 34.4 Å². The topological polar surface area (TPSA) is 49.4 Å². The molecule has 4 nitrogen and oxygen atoms in total. The predicted molar refractivity (Wildman–Crippen MR) is 162 cm³/mol. The molecule has 1 N–H and O–H groups in total. The van der Waals surface area contributed by atoms with Crippen molar-refractivity contribution < 1.29 is 9.59 Å². The minimum Gasteiger partial charge on any atom is -0.350 e. The number of nitrogens with one attached hydrogen (secondary N) is 1. The van der Waals surface area contributed by atoms with Gasteiger partial charge in [0.05, 0.1) is 0 Å². The molecule has 0 saturated carbocycles. The summed E-state index contributed by atoms with van der Waals surface area (Å²) in [7, 11) is 0. The van der Waals surface area contributed by atoms with Crippen LogP contribution in [0.4, 0.5) is 0 Å². The highest BCUT2D eigenvalue weighted by molar-refractivity contribution is 6.36. The zero-order valence-corrected chi connectivity index (χ0v) is 25.4. The van der Waals surface area contributed by atoms with E-state index in [9.17, 15) is 9.59 Å². The van der Waals surface area contributed by atoms with E-state index in [1.54, 1.807) is 23.1 Å². The molecule has 0 aliphatic heterocycles. The Balaban J connectivity index is 1.95. The van der Waals surface area contributed by atoms with Gasteiger partial charge in [0.1, 0.15) is 6.04 Å². The number of nitrogens with zero attached hydrogens (tertiary/aromatic N) is 1. The third kappa shape index (κ3) is 9.12. The van der Waals surface area contributed by atoms with Gasteiger partial charge >= 0.3 is 0 Å². The van der Waals surface area contributed by atoms with Gasteiger partial charge in [0.2, 0.25) is 11.8 Å². The smallest absolute Gasteiger partial charge is 0.243 e. The molecule has 2 amide bonds. The average molecular weight is 568 g/mol. The van der Waals surface area contributed by atoms with Crippen molar-refractivity contribution in [2.45, 2.75) is 84.3 Å². The van der Waals surface area contributed by atoms with Crippen LogP contribution in [0.3, 0.4) is 0 Å². The molecule has 0 saturated heterocycles. The number of benzene rings is 3. The third-order valence-corrected chi connectivity index (χ3v) is 7.32. The summed E-state index contributed by atoms with van der Waals surface area (Å²) in [6.45, 7) is 12.5. The van der Waals surface area contributed by atoms with E-state index in [1.807, 2.05) is 51.1 Å². The van der Waals surface area contributed by atoms with Gasteiger partial charge in [-0.2, -0.15) is 0 Å². The molecule has 39 heavy (non-hydrogen) atoms. The van der Waals surface area contributed by atoms with Crippen LogP contribution >= 0.6 is 23.2 Å². The maximum atomic E-state index is 13.9. The normalized spacial score (nSPS) is 12.6. The van der Waals surface area contributed by atoms with Crippen LogP contribution in [0.1, 0.15) is 70.2 Å². The number of hydrogen-bond acceptors (Lipinski definition) is 2. The standard InChI is InChI=1S/C33H40Cl2N2O2/c1-32(2,3)25-18-15-23(16-19-25)17-20-30(38)37(22-26-27(34)13-10-14-28(26)35)29(31(39)36-33(4,5)6)21-24-11-8-7-9-12-24/h7-16,18-19,29H,17,20-22H2,1-6H3,(H,36,39)/t29-/m0/s1. The van der Waals surface area contributed by atoms with E-state index in [-0.39, 0.29) is 30.2 Å². The van der Waals surface area contributed by atoms with Crippen molar-refractivity contribution in [2.24, 2.45) is 0 Å². The fourth-order valence-corrected chi connectivity index (χ4v) is 4.94. The molecule has 6 heteroatoms. The van der Waals surface area contributed by atoms with Crippen LogP contribution in [0.2, 0.25) is 10.0 Å². The molecular weight excluding hydrogens is 527 g/mol. The lowest BCUT2D eigenvalue weighted by molar-refractivity contribution is -0.141. The number of halogens is 2. The van der Waals surface area contributed by atoms with Crippen molar-refractivity contribution in [1.82, 2.24) is 10.2 Å². The molecule has 0 aliphatic carbocycles. The second kappa shape index (κ2) is 13.0. The summed E-state index contributed by atoms with van der Waals surface area (Å²) < 4.78 is 0. The molecule has 208 valence electrons. The number of carbonyl (C=O) groups excluding carboxylic acids is 2. The van der Waals surface area contributed by atoms with Crippen molar-refractivity contribution in [2.75, 3.05) is 0 Å². The Labute approximate surface area is 243 Å². The molecule has 3 rings (SSSR count). The fourth-order valence-electron chi connectivity index (χ4n) is 4.43.